The number of nitrogens with one attached hydrogen (secondary N) is 1. The van der Waals surface area contributed by atoms with Crippen LogP contribution in [-0.4, -0.2) is 65.6 Å². The lowest BCUT2D eigenvalue weighted by molar-refractivity contribution is -0.139. The lowest BCUT2D eigenvalue weighted by Gasteiger charge is -2.33. The predicted octanol–water partition coefficient (Wildman–Crippen LogP) is 5.34. The molecule has 12 heteroatoms. The first-order valence-electron chi connectivity index (χ1n) is 14.9. The van der Waals surface area contributed by atoms with Crippen molar-refractivity contribution in [3.05, 3.63) is 113 Å². The number of halogens is 1. The predicted molar refractivity (Wildman–Crippen MR) is 182 cm³/mol. The fourth-order valence-corrected chi connectivity index (χ4v) is 6.57. The number of hydrogen-bond acceptors (Lipinski definition) is 7. The highest BCUT2D eigenvalue weighted by Crippen LogP contribution is 2.33. The standard InChI is InChI=1S/C35H38ClN3O7S/c1-5-46-29-17-15-28(16-18-29)39(47(42,43)30-19-20-32(44-3)33(22-30)45-4)24-34(40)38(23-26-11-13-27(36)14-12-26)31(35(41)37-2)21-25-9-7-6-8-10-25/h6-20,22,31H,5,21,23-24H2,1-4H3,(H,37,41)/t31-/m0/s1. The second-order valence-electron chi connectivity index (χ2n) is 10.4. The van der Waals surface area contributed by atoms with Crippen molar-refractivity contribution < 1.29 is 32.2 Å². The summed E-state index contributed by atoms with van der Waals surface area (Å²) in [7, 11) is -0.00981. The lowest BCUT2D eigenvalue weighted by Crippen LogP contribution is -2.53. The summed E-state index contributed by atoms with van der Waals surface area (Å²) in [6.45, 7) is 1.68. The number of carbonyl (C=O) groups is 2. The van der Waals surface area contributed by atoms with Crippen molar-refractivity contribution in [2.75, 3.05) is 38.7 Å². The number of benzene rings is 4. The zero-order valence-electron chi connectivity index (χ0n) is 26.7. The highest BCUT2D eigenvalue weighted by atomic mass is 35.5. The van der Waals surface area contributed by atoms with E-state index in [0.29, 0.717) is 28.7 Å². The average molecular weight is 680 g/mol. The Morgan fingerprint density at radius 2 is 1.51 bits per heavy atom. The summed E-state index contributed by atoms with van der Waals surface area (Å²) in [5.74, 6) is 0.101. The molecule has 2 amide bonds. The van der Waals surface area contributed by atoms with E-state index in [0.717, 1.165) is 9.87 Å². The number of anilines is 1. The molecular weight excluding hydrogens is 642 g/mol. The van der Waals surface area contributed by atoms with Crippen LogP contribution < -0.4 is 23.8 Å². The molecule has 0 bridgehead atoms. The average Bonchev–Trinajstić information content (AvgIpc) is 3.09. The van der Waals surface area contributed by atoms with E-state index in [9.17, 15) is 18.0 Å². The highest BCUT2D eigenvalue weighted by molar-refractivity contribution is 7.92. The molecule has 10 nitrogen and oxygen atoms in total. The molecule has 0 heterocycles. The Labute approximate surface area is 280 Å². The second kappa shape index (κ2) is 16.2. The largest absolute Gasteiger partial charge is 0.494 e. The van der Waals surface area contributed by atoms with Gasteiger partial charge in [-0.15, -0.1) is 0 Å². The number of methoxy groups -OCH3 is 2. The highest BCUT2D eigenvalue weighted by Gasteiger charge is 2.34. The van der Waals surface area contributed by atoms with Gasteiger partial charge in [0.1, 0.15) is 18.3 Å². The van der Waals surface area contributed by atoms with Gasteiger partial charge >= 0.3 is 0 Å². The van der Waals surface area contributed by atoms with Gasteiger partial charge in [-0.1, -0.05) is 54.1 Å². The minimum atomic E-state index is -4.36. The van der Waals surface area contributed by atoms with Gasteiger partial charge < -0.3 is 24.4 Å². The summed E-state index contributed by atoms with van der Waals surface area (Å²) in [6, 6.07) is 25.9. The van der Waals surface area contributed by atoms with Gasteiger partial charge in [0.15, 0.2) is 11.5 Å². The number of hydrogen-bond donors (Lipinski definition) is 1. The zero-order chi connectivity index (χ0) is 34.0. The summed E-state index contributed by atoms with van der Waals surface area (Å²) in [5.41, 5.74) is 1.76. The summed E-state index contributed by atoms with van der Waals surface area (Å²) in [6.07, 6.45) is 0.200. The quantitative estimate of drug-likeness (QED) is 0.181. The van der Waals surface area contributed by atoms with Crippen LogP contribution in [-0.2, 0) is 32.6 Å². The molecule has 0 spiro atoms. The number of carbonyl (C=O) groups excluding carboxylic acids is 2. The number of rotatable bonds is 15. The monoisotopic (exact) mass is 679 g/mol. The number of ether oxygens (including phenoxy) is 3. The Hall–Kier alpha value is -4.74. The van der Waals surface area contributed by atoms with Crippen molar-refractivity contribution >= 4 is 39.1 Å². The fourth-order valence-electron chi connectivity index (χ4n) is 5.02. The zero-order valence-corrected chi connectivity index (χ0v) is 28.3. The first kappa shape index (κ1) is 35.1. The van der Waals surface area contributed by atoms with E-state index >= 15 is 0 Å². The van der Waals surface area contributed by atoms with E-state index in [1.807, 2.05) is 37.3 Å². The van der Waals surface area contributed by atoms with Gasteiger partial charge in [-0.3, -0.25) is 13.9 Å². The molecule has 4 aromatic carbocycles. The van der Waals surface area contributed by atoms with E-state index in [1.165, 1.54) is 44.4 Å². The Morgan fingerprint density at radius 3 is 2.11 bits per heavy atom. The van der Waals surface area contributed by atoms with Gasteiger partial charge in [-0.2, -0.15) is 0 Å². The maximum atomic E-state index is 14.5. The van der Waals surface area contributed by atoms with E-state index in [2.05, 4.69) is 5.32 Å². The van der Waals surface area contributed by atoms with Crippen molar-refractivity contribution in [3.8, 4) is 17.2 Å². The number of nitrogens with zero attached hydrogens (tertiary/aromatic N) is 2. The lowest BCUT2D eigenvalue weighted by atomic mass is 10.0. The Kier molecular flexibility index (Phi) is 12.1. The normalized spacial score (nSPS) is 11.7. The first-order valence-corrected chi connectivity index (χ1v) is 16.7. The molecule has 0 saturated heterocycles. The van der Waals surface area contributed by atoms with E-state index in [4.69, 9.17) is 25.8 Å². The molecule has 0 saturated carbocycles. The molecule has 47 heavy (non-hydrogen) atoms. The smallest absolute Gasteiger partial charge is 0.264 e. The molecule has 0 aliphatic heterocycles. The second-order valence-corrected chi connectivity index (χ2v) is 12.7. The summed E-state index contributed by atoms with van der Waals surface area (Å²) < 4.78 is 45.9. The number of sulfonamides is 1. The van der Waals surface area contributed by atoms with Gasteiger partial charge in [-0.25, -0.2) is 8.42 Å². The maximum absolute atomic E-state index is 14.5. The SMILES string of the molecule is CCOc1ccc(N(CC(=O)N(Cc2ccc(Cl)cc2)[C@@H](Cc2ccccc2)C(=O)NC)S(=O)(=O)c2ccc(OC)c(OC)c2)cc1. The number of likely N-dealkylation sites (N-methyl/N-ethyl adjacent to an activating group) is 1. The molecule has 0 aliphatic rings. The fraction of sp³-hybridized carbons (Fsp3) is 0.257. The van der Waals surface area contributed by atoms with Crippen LogP contribution in [0.5, 0.6) is 17.2 Å². The van der Waals surface area contributed by atoms with E-state index < -0.39 is 34.4 Å². The van der Waals surface area contributed by atoms with Gasteiger partial charge in [0, 0.05) is 31.1 Å². The van der Waals surface area contributed by atoms with Crippen LogP contribution in [0.1, 0.15) is 18.1 Å². The van der Waals surface area contributed by atoms with Crippen LogP contribution in [0.15, 0.2) is 102 Å². The van der Waals surface area contributed by atoms with Gasteiger partial charge in [-0.05, 0) is 66.6 Å². The topological polar surface area (TPSA) is 114 Å². The molecule has 0 fully saturated rings. The Balaban J connectivity index is 1.81. The third kappa shape index (κ3) is 8.75. The van der Waals surface area contributed by atoms with Crippen molar-refractivity contribution in [3.63, 3.8) is 0 Å². The van der Waals surface area contributed by atoms with Crippen molar-refractivity contribution in [2.45, 2.75) is 30.8 Å². The van der Waals surface area contributed by atoms with Crippen molar-refractivity contribution in [1.29, 1.82) is 0 Å². The molecule has 0 aliphatic carbocycles. The Morgan fingerprint density at radius 1 is 0.851 bits per heavy atom. The molecule has 4 rings (SSSR count). The van der Waals surface area contributed by atoms with Crippen LogP contribution in [0.4, 0.5) is 5.69 Å². The van der Waals surface area contributed by atoms with E-state index in [1.54, 1.807) is 48.5 Å². The third-order valence-corrected chi connectivity index (χ3v) is 9.46. The molecule has 0 radical (unpaired) electrons. The third-order valence-electron chi connectivity index (χ3n) is 7.44. The molecular formula is C35H38ClN3O7S. The van der Waals surface area contributed by atoms with Crippen LogP contribution >= 0.6 is 11.6 Å². The van der Waals surface area contributed by atoms with Crippen molar-refractivity contribution in [2.24, 2.45) is 0 Å². The summed E-state index contributed by atoms with van der Waals surface area (Å²) in [5, 5.41) is 3.19. The minimum absolute atomic E-state index is 0.0223. The van der Waals surface area contributed by atoms with Gasteiger partial charge in [0.2, 0.25) is 11.8 Å². The molecule has 0 aromatic heterocycles. The van der Waals surface area contributed by atoms with Crippen LogP contribution in [0.25, 0.3) is 0 Å². The molecule has 0 unspecified atom stereocenters. The maximum Gasteiger partial charge on any atom is 0.264 e. The molecule has 1 atom stereocenters. The summed E-state index contributed by atoms with van der Waals surface area (Å²) >= 11 is 6.13. The van der Waals surface area contributed by atoms with Crippen LogP contribution in [0.3, 0.4) is 0 Å². The molecule has 4 aromatic rings. The molecule has 1 N–H and O–H groups in total. The Bertz CT molecular complexity index is 1750. The minimum Gasteiger partial charge on any atom is -0.494 e. The summed E-state index contributed by atoms with van der Waals surface area (Å²) in [4.78, 5) is 29.2. The molecule has 248 valence electrons. The first-order chi connectivity index (χ1) is 22.6. The van der Waals surface area contributed by atoms with Crippen LogP contribution in [0, 0.1) is 0 Å². The van der Waals surface area contributed by atoms with Crippen LogP contribution in [0.2, 0.25) is 5.02 Å². The van der Waals surface area contributed by atoms with Crippen molar-refractivity contribution in [1.82, 2.24) is 10.2 Å². The number of amides is 2. The van der Waals surface area contributed by atoms with Gasteiger partial charge in [0.05, 0.1) is 31.4 Å². The van der Waals surface area contributed by atoms with Gasteiger partial charge in [0.25, 0.3) is 10.0 Å². The van der Waals surface area contributed by atoms with E-state index in [-0.39, 0.29) is 29.3 Å².